The second-order valence-corrected chi connectivity index (χ2v) is 7.41. The molecule has 0 amide bonds. The first-order valence-electron chi connectivity index (χ1n) is 10.5. The van der Waals surface area contributed by atoms with E-state index in [4.69, 9.17) is 14.2 Å². The Morgan fingerprint density at radius 3 is 2.63 bits per heavy atom. The zero-order valence-corrected chi connectivity index (χ0v) is 19.5. The van der Waals surface area contributed by atoms with Gasteiger partial charge in [0.25, 0.3) is 0 Å². The summed E-state index contributed by atoms with van der Waals surface area (Å²) < 4.78 is 17.1. The Morgan fingerprint density at radius 2 is 1.96 bits per heavy atom. The van der Waals surface area contributed by atoms with E-state index >= 15 is 0 Å². The number of hydrogen-bond donors (Lipinski definition) is 2. The molecule has 0 aromatic carbocycles. The fourth-order valence-corrected chi connectivity index (χ4v) is 3.90. The Labute approximate surface area is 182 Å². The van der Waals surface area contributed by atoms with Gasteiger partial charge in [-0.05, 0) is 44.9 Å². The summed E-state index contributed by atoms with van der Waals surface area (Å²) in [7, 11) is 1.82. The lowest BCUT2D eigenvalue weighted by Crippen LogP contribution is -2.40. The largest absolute Gasteiger partial charge is 0.381 e. The van der Waals surface area contributed by atoms with Crippen molar-refractivity contribution < 1.29 is 14.2 Å². The van der Waals surface area contributed by atoms with Gasteiger partial charge < -0.3 is 24.8 Å². The lowest BCUT2D eigenvalue weighted by molar-refractivity contribution is 0.0169. The summed E-state index contributed by atoms with van der Waals surface area (Å²) in [6.45, 7) is 8.04. The van der Waals surface area contributed by atoms with Crippen LogP contribution in [0, 0.1) is 11.8 Å². The summed E-state index contributed by atoms with van der Waals surface area (Å²) in [6.07, 6.45) is 8.93. The van der Waals surface area contributed by atoms with Crippen LogP contribution in [0.1, 0.15) is 51.9 Å². The molecule has 2 N–H and O–H groups in total. The minimum atomic E-state index is 0. The molecule has 6 nitrogen and oxygen atoms in total. The number of halogens is 1. The number of rotatable bonds is 12. The first-order valence-corrected chi connectivity index (χ1v) is 10.5. The Morgan fingerprint density at radius 1 is 1.19 bits per heavy atom. The van der Waals surface area contributed by atoms with Crippen molar-refractivity contribution in [1.29, 1.82) is 0 Å². The summed E-state index contributed by atoms with van der Waals surface area (Å²) in [5, 5.41) is 6.79. The van der Waals surface area contributed by atoms with Gasteiger partial charge in [0.2, 0.25) is 0 Å². The van der Waals surface area contributed by atoms with Gasteiger partial charge in [-0.1, -0.05) is 12.8 Å². The molecule has 1 heterocycles. The maximum absolute atomic E-state index is 5.98. The van der Waals surface area contributed by atoms with E-state index in [9.17, 15) is 0 Å². The fourth-order valence-electron chi connectivity index (χ4n) is 3.90. The van der Waals surface area contributed by atoms with Crippen molar-refractivity contribution >= 4 is 29.9 Å². The van der Waals surface area contributed by atoms with Crippen molar-refractivity contribution in [2.75, 3.05) is 53.2 Å². The van der Waals surface area contributed by atoms with Crippen molar-refractivity contribution in [3.63, 3.8) is 0 Å². The van der Waals surface area contributed by atoms with Crippen LogP contribution >= 0.6 is 24.0 Å². The molecule has 0 radical (unpaired) electrons. The van der Waals surface area contributed by atoms with E-state index in [1.54, 1.807) is 0 Å². The van der Waals surface area contributed by atoms with Crippen molar-refractivity contribution in [2.45, 2.75) is 58.0 Å². The maximum Gasteiger partial charge on any atom is 0.190 e. The van der Waals surface area contributed by atoms with E-state index in [0.717, 1.165) is 77.3 Å². The van der Waals surface area contributed by atoms with Crippen LogP contribution in [0.5, 0.6) is 0 Å². The van der Waals surface area contributed by atoms with Crippen LogP contribution < -0.4 is 10.6 Å². The molecule has 1 saturated heterocycles. The third kappa shape index (κ3) is 10.3. The summed E-state index contributed by atoms with van der Waals surface area (Å²) in [5.74, 6) is 2.21. The van der Waals surface area contributed by atoms with E-state index in [2.05, 4.69) is 22.5 Å². The highest BCUT2D eigenvalue weighted by Crippen LogP contribution is 2.30. The molecule has 0 bridgehead atoms. The topological polar surface area (TPSA) is 64.1 Å². The molecule has 1 saturated carbocycles. The first-order chi connectivity index (χ1) is 12.8. The van der Waals surface area contributed by atoms with Crippen LogP contribution in [0.15, 0.2) is 4.99 Å². The average Bonchev–Trinajstić information content (AvgIpc) is 3.36. The molecule has 0 aromatic rings. The Balaban J connectivity index is 0.00000364. The van der Waals surface area contributed by atoms with Crippen molar-refractivity contribution in [3.8, 4) is 0 Å². The zero-order chi connectivity index (χ0) is 18.5. The van der Waals surface area contributed by atoms with Crippen LogP contribution in [0.25, 0.3) is 0 Å². The Bertz CT molecular complexity index is 387. The van der Waals surface area contributed by atoms with E-state index in [0.29, 0.717) is 12.0 Å². The highest BCUT2D eigenvalue weighted by molar-refractivity contribution is 14.0. The van der Waals surface area contributed by atoms with Gasteiger partial charge in [0.05, 0.1) is 19.3 Å². The molecule has 160 valence electrons. The second kappa shape index (κ2) is 15.8. The van der Waals surface area contributed by atoms with E-state index < -0.39 is 0 Å². The number of guanidine groups is 1. The minimum Gasteiger partial charge on any atom is -0.381 e. The molecule has 1 aliphatic carbocycles. The third-order valence-electron chi connectivity index (χ3n) is 5.39. The van der Waals surface area contributed by atoms with Gasteiger partial charge in [0, 0.05) is 45.9 Å². The van der Waals surface area contributed by atoms with Crippen LogP contribution in [0.4, 0.5) is 0 Å². The fraction of sp³-hybridized carbons (Fsp3) is 0.950. The number of hydrogen-bond acceptors (Lipinski definition) is 4. The molecule has 2 unspecified atom stereocenters. The van der Waals surface area contributed by atoms with Crippen molar-refractivity contribution in [2.24, 2.45) is 16.8 Å². The molecule has 1 aliphatic heterocycles. The highest BCUT2D eigenvalue weighted by Gasteiger charge is 2.25. The zero-order valence-electron chi connectivity index (χ0n) is 17.2. The predicted octanol–water partition coefficient (Wildman–Crippen LogP) is 3.20. The number of nitrogens with one attached hydrogen (secondary N) is 2. The van der Waals surface area contributed by atoms with Gasteiger partial charge >= 0.3 is 0 Å². The normalized spacial score (nSPS) is 21.9. The Hall–Kier alpha value is -0.120. The molecule has 27 heavy (non-hydrogen) atoms. The van der Waals surface area contributed by atoms with Gasteiger partial charge in [-0.2, -0.15) is 0 Å². The highest BCUT2D eigenvalue weighted by atomic mass is 127. The van der Waals surface area contributed by atoms with E-state index in [-0.39, 0.29) is 24.0 Å². The summed E-state index contributed by atoms with van der Waals surface area (Å²) >= 11 is 0. The molecule has 2 fully saturated rings. The SMILES string of the molecule is CCOC(CCNC(=NC)NCCCOCC1CCOC1)C1CCCC1.I. The number of ether oxygens (including phenoxy) is 3. The van der Waals surface area contributed by atoms with Crippen LogP contribution in [-0.2, 0) is 14.2 Å². The standard InChI is InChI=1S/C20H39N3O3.HI/c1-3-26-19(18-7-4-5-8-18)9-12-23-20(21-2)22-11-6-13-24-15-17-10-14-25-16-17;/h17-19H,3-16H2,1-2H3,(H2,21,22,23);1H. The van der Waals surface area contributed by atoms with Crippen molar-refractivity contribution in [3.05, 3.63) is 0 Å². The predicted molar refractivity (Wildman–Crippen MR) is 121 cm³/mol. The van der Waals surface area contributed by atoms with Crippen molar-refractivity contribution in [1.82, 2.24) is 10.6 Å². The molecule has 0 spiro atoms. The summed E-state index contributed by atoms with van der Waals surface area (Å²) in [4.78, 5) is 4.31. The average molecular weight is 497 g/mol. The monoisotopic (exact) mass is 497 g/mol. The van der Waals surface area contributed by atoms with Gasteiger partial charge in [-0.3, -0.25) is 4.99 Å². The molecule has 2 atom stereocenters. The van der Waals surface area contributed by atoms with Gasteiger partial charge in [0.1, 0.15) is 0 Å². The van der Waals surface area contributed by atoms with Gasteiger partial charge in [-0.15, -0.1) is 24.0 Å². The Kier molecular flexibility index (Phi) is 14.5. The molecular formula is C20H40IN3O3. The summed E-state index contributed by atoms with van der Waals surface area (Å²) in [5.41, 5.74) is 0. The lowest BCUT2D eigenvalue weighted by atomic mass is 9.98. The van der Waals surface area contributed by atoms with Gasteiger partial charge in [0.15, 0.2) is 5.96 Å². The lowest BCUT2D eigenvalue weighted by Gasteiger charge is -2.24. The maximum atomic E-state index is 5.98. The van der Waals surface area contributed by atoms with Crippen LogP contribution in [0.3, 0.4) is 0 Å². The third-order valence-corrected chi connectivity index (χ3v) is 5.39. The second-order valence-electron chi connectivity index (χ2n) is 7.41. The molecule has 0 aromatic heterocycles. The first kappa shape index (κ1) is 24.9. The molecule has 2 rings (SSSR count). The van der Waals surface area contributed by atoms with E-state index in [1.807, 2.05) is 7.05 Å². The summed E-state index contributed by atoms with van der Waals surface area (Å²) in [6, 6.07) is 0. The molecular weight excluding hydrogens is 457 g/mol. The molecule has 2 aliphatic rings. The van der Waals surface area contributed by atoms with Crippen LogP contribution in [-0.4, -0.2) is 65.2 Å². The quantitative estimate of drug-likeness (QED) is 0.188. The van der Waals surface area contributed by atoms with Gasteiger partial charge in [-0.25, -0.2) is 0 Å². The smallest absolute Gasteiger partial charge is 0.190 e. The number of nitrogens with zero attached hydrogens (tertiary/aromatic N) is 1. The van der Waals surface area contributed by atoms with Crippen LogP contribution in [0.2, 0.25) is 0 Å². The molecule has 7 heteroatoms. The van der Waals surface area contributed by atoms with E-state index in [1.165, 1.54) is 25.7 Å². The minimum absolute atomic E-state index is 0. The number of aliphatic imine (C=N–C) groups is 1.